The van der Waals surface area contributed by atoms with E-state index < -0.39 is 0 Å². The van der Waals surface area contributed by atoms with Crippen molar-refractivity contribution in [2.75, 3.05) is 6.54 Å². The molecule has 0 fully saturated rings. The summed E-state index contributed by atoms with van der Waals surface area (Å²) in [6.45, 7) is 0.546. The molecule has 0 aliphatic carbocycles. The quantitative estimate of drug-likeness (QED) is 0.434. The van der Waals surface area contributed by atoms with Crippen molar-refractivity contribution in [2.24, 2.45) is 5.73 Å². The van der Waals surface area contributed by atoms with Gasteiger partial charge in [0.2, 0.25) is 0 Å². The summed E-state index contributed by atoms with van der Waals surface area (Å²) in [6, 6.07) is 4.71. The summed E-state index contributed by atoms with van der Waals surface area (Å²) in [5.74, 6) is -0.179. The molecule has 10 N–H and O–H groups in total. The van der Waals surface area contributed by atoms with Gasteiger partial charge in [0.15, 0.2) is 11.5 Å². The van der Waals surface area contributed by atoms with E-state index in [1.54, 1.807) is 28.6 Å². The van der Waals surface area contributed by atoms with E-state index >= 15 is 0 Å². The molecular weight excluding hydrogens is 321 g/mol. The van der Waals surface area contributed by atoms with E-state index in [2.05, 4.69) is 4.94 Å². The van der Waals surface area contributed by atoms with Crippen LogP contribution in [0.25, 0.3) is 0 Å². The van der Waals surface area contributed by atoms with Gasteiger partial charge in [-0.05, 0) is 30.7 Å². The minimum absolute atomic E-state index is 0. The number of phenolic OH excluding ortho intramolecular Hbond substituents is 2. The molecular formula is C9H20NO5Sn. The minimum atomic E-state index is -0.0919. The zero-order valence-corrected chi connectivity index (χ0v) is 12.0. The van der Waals surface area contributed by atoms with E-state index in [-0.39, 0.29) is 27.9 Å². The van der Waals surface area contributed by atoms with Crippen molar-refractivity contribution < 1.29 is 26.6 Å². The Morgan fingerprint density at radius 3 is 1.94 bits per heavy atom. The Kier molecular flexibility index (Phi) is 22.2. The van der Waals surface area contributed by atoms with Crippen LogP contribution in [0.5, 0.6) is 11.5 Å². The Balaban J connectivity index is -0.000000136. The molecule has 0 amide bonds. The number of benzene rings is 1. The second-order valence-electron chi connectivity index (χ2n) is 2.36. The van der Waals surface area contributed by atoms with Crippen molar-refractivity contribution in [3.63, 3.8) is 0 Å². The Bertz CT molecular complexity index is 260. The van der Waals surface area contributed by atoms with Gasteiger partial charge < -0.3 is 32.4 Å². The van der Waals surface area contributed by atoms with Crippen LogP contribution in [0.2, 0.25) is 4.94 Å². The summed E-state index contributed by atoms with van der Waals surface area (Å²) < 4.78 is 0. The molecule has 1 aromatic rings. The molecule has 0 aliphatic heterocycles. The molecule has 0 heterocycles. The van der Waals surface area contributed by atoms with Gasteiger partial charge in [-0.3, -0.25) is 0 Å². The summed E-state index contributed by atoms with van der Waals surface area (Å²) in [6.07, 6.45) is 0.716. The normalized spacial score (nSPS) is 7.19. The first-order valence-electron chi connectivity index (χ1n) is 3.95. The molecule has 16 heavy (non-hydrogen) atoms. The number of aromatic hydroxyl groups is 2. The maximum absolute atomic E-state index is 9.04. The summed E-state index contributed by atoms with van der Waals surface area (Å²) in [5.41, 5.74) is 6.24. The van der Waals surface area contributed by atoms with Crippen LogP contribution in [0.3, 0.4) is 0 Å². The van der Waals surface area contributed by atoms with Crippen LogP contribution in [0.4, 0.5) is 0 Å². The van der Waals surface area contributed by atoms with Crippen molar-refractivity contribution in [3.05, 3.63) is 23.8 Å². The topological polar surface area (TPSA) is 161 Å². The second-order valence-corrected chi connectivity index (χ2v) is 2.36. The van der Waals surface area contributed by atoms with Crippen molar-refractivity contribution in [3.8, 4) is 11.5 Å². The van der Waals surface area contributed by atoms with Crippen molar-refractivity contribution >= 4 is 22.5 Å². The average molecular weight is 341 g/mol. The third-order valence-electron chi connectivity index (χ3n) is 1.47. The van der Waals surface area contributed by atoms with E-state index in [0.29, 0.717) is 13.0 Å². The molecule has 6 nitrogen and oxygen atoms in total. The van der Waals surface area contributed by atoms with E-state index in [1.807, 2.05) is 0 Å². The van der Waals surface area contributed by atoms with Crippen LogP contribution < -0.4 is 5.73 Å². The number of nitrogens with two attached hydrogens (primary N) is 1. The Morgan fingerprint density at radius 1 is 1.06 bits per heavy atom. The predicted molar refractivity (Wildman–Crippen MR) is 65.0 cm³/mol. The molecule has 3 radical (unpaired) electrons. The standard InChI is InChI=1S/C8H11NO2.CH3.3H2O.Sn/c9-4-3-6-1-2-7(10)8(11)5-6;;;;;/h1-2,5,10-11H,3-4,9H2;1H3;3*1H2;. The van der Waals surface area contributed by atoms with Crippen LogP contribution in [0.15, 0.2) is 18.2 Å². The third-order valence-corrected chi connectivity index (χ3v) is 1.47. The van der Waals surface area contributed by atoms with Gasteiger partial charge in [-0.1, -0.05) is 6.07 Å². The van der Waals surface area contributed by atoms with Crippen molar-refractivity contribution in [1.82, 2.24) is 0 Å². The van der Waals surface area contributed by atoms with Gasteiger partial charge in [0.1, 0.15) is 0 Å². The van der Waals surface area contributed by atoms with E-state index in [0.717, 1.165) is 5.56 Å². The van der Waals surface area contributed by atoms with Crippen LogP contribution in [0.1, 0.15) is 5.56 Å². The molecule has 1 rings (SSSR count). The van der Waals surface area contributed by atoms with E-state index in [9.17, 15) is 0 Å². The fourth-order valence-corrected chi connectivity index (χ4v) is 0.891. The van der Waals surface area contributed by atoms with Gasteiger partial charge in [0, 0.05) is 0 Å². The van der Waals surface area contributed by atoms with E-state index in [1.165, 1.54) is 12.1 Å². The van der Waals surface area contributed by atoms with Gasteiger partial charge in [-0.15, -0.1) is 0 Å². The average Bonchev–Trinajstić information content (AvgIpc) is 2.15. The van der Waals surface area contributed by atoms with Crippen LogP contribution in [-0.2, 0) is 6.42 Å². The monoisotopic (exact) mass is 342 g/mol. The zero-order chi connectivity index (χ0) is 10.3. The molecule has 7 heteroatoms. The third kappa shape index (κ3) is 8.74. The number of phenols is 2. The molecule has 0 saturated carbocycles. The Labute approximate surface area is 108 Å². The van der Waals surface area contributed by atoms with Gasteiger partial charge in [-0.25, -0.2) is 0 Å². The summed E-state index contributed by atoms with van der Waals surface area (Å²) in [4.78, 5) is 2.09. The molecule has 0 unspecified atom stereocenters. The summed E-state index contributed by atoms with van der Waals surface area (Å²) in [5, 5.41) is 18.0. The second kappa shape index (κ2) is 14.5. The number of hydrogen-bond acceptors (Lipinski definition) is 3. The fraction of sp³-hybridized carbons (Fsp3) is 0.333. The zero-order valence-electron chi connectivity index (χ0n) is 9.12. The van der Waals surface area contributed by atoms with Crippen LogP contribution in [-0.4, -0.2) is 55.7 Å². The molecule has 0 saturated heterocycles. The fourth-order valence-electron chi connectivity index (χ4n) is 0.891. The molecule has 1 aromatic carbocycles. The first-order valence-corrected chi connectivity index (χ1v) is 6.80. The SMILES string of the molecule is NCCc1ccc(O)c(O)c1.O.O.O.[CH3][Sn]. The summed E-state index contributed by atoms with van der Waals surface area (Å²) in [7, 11) is 0. The van der Waals surface area contributed by atoms with Gasteiger partial charge in [0.25, 0.3) is 0 Å². The Morgan fingerprint density at radius 2 is 1.56 bits per heavy atom. The summed E-state index contributed by atoms with van der Waals surface area (Å²) >= 11 is 1.55. The molecule has 0 atom stereocenters. The van der Waals surface area contributed by atoms with Gasteiger partial charge >= 0.3 is 27.5 Å². The molecule has 0 aromatic heterocycles. The first-order chi connectivity index (χ1) is 6.24. The maximum atomic E-state index is 9.04. The van der Waals surface area contributed by atoms with Gasteiger partial charge in [-0.2, -0.15) is 0 Å². The predicted octanol–water partition coefficient (Wildman–Crippen LogP) is -1.67. The first kappa shape index (κ1) is 24.6. The molecule has 95 valence electrons. The molecule has 0 aliphatic rings. The number of rotatable bonds is 2. The van der Waals surface area contributed by atoms with Crippen LogP contribution >= 0.6 is 0 Å². The number of hydrogen-bond donors (Lipinski definition) is 3. The molecule has 0 spiro atoms. The van der Waals surface area contributed by atoms with Crippen molar-refractivity contribution in [2.45, 2.75) is 11.4 Å². The van der Waals surface area contributed by atoms with Crippen molar-refractivity contribution in [1.29, 1.82) is 0 Å². The Hall–Kier alpha value is -0.541. The van der Waals surface area contributed by atoms with E-state index in [4.69, 9.17) is 15.9 Å². The molecule has 0 bridgehead atoms. The van der Waals surface area contributed by atoms with Crippen LogP contribution in [0, 0.1) is 0 Å². The van der Waals surface area contributed by atoms with Gasteiger partial charge in [0.05, 0.1) is 0 Å².